The van der Waals surface area contributed by atoms with E-state index < -0.39 is 21.6 Å². The fourth-order valence-corrected chi connectivity index (χ4v) is 6.43. The normalized spacial score (nSPS) is 19.3. The lowest BCUT2D eigenvalue weighted by atomic mass is 9.98. The molecule has 0 bridgehead atoms. The fourth-order valence-electron chi connectivity index (χ4n) is 4.78. The Balaban J connectivity index is 1.41. The van der Waals surface area contributed by atoms with Crippen molar-refractivity contribution in [1.29, 1.82) is 10.0 Å². The molecule has 1 aliphatic rings. The third-order valence-electron chi connectivity index (χ3n) is 6.49. The van der Waals surface area contributed by atoms with Crippen molar-refractivity contribution in [2.45, 2.75) is 30.2 Å². The third-order valence-corrected chi connectivity index (χ3v) is 8.12. The lowest BCUT2D eigenvalue weighted by Gasteiger charge is -2.17. The van der Waals surface area contributed by atoms with Gasteiger partial charge in [-0.25, -0.2) is 18.1 Å². The number of aromatic nitrogens is 1. The van der Waals surface area contributed by atoms with Crippen molar-refractivity contribution in [3.63, 3.8) is 0 Å². The maximum absolute atomic E-state index is 13.7. The SMILES string of the molecule is Cn1cc2c(c1C(=O)Nc1ccc(F)c(C#N)c1)CC[C@@H](Cc1ccc3ccccc3c1)NS2(=N)=O. The van der Waals surface area contributed by atoms with Gasteiger partial charge in [-0.3, -0.25) is 4.79 Å². The predicted octanol–water partition coefficient (Wildman–Crippen LogP) is 4.91. The second-order valence-corrected chi connectivity index (χ2v) is 10.8. The van der Waals surface area contributed by atoms with Crippen LogP contribution in [0, 0.1) is 21.9 Å². The van der Waals surface area contributed by atoms with Crippen LogP contribution in [0.3, 0.4) is 0 Å². The molecule has 0 fully saturated rings. The number of carbonyl (C=O) groups is 1. The smallest absolute Gasteiger partial charge is 0.272 e. The standard InChI is InChI=1S/C27H24FN5O2S/c1-33-16-25-23(26(33)27(34)31-21-9-11-24(28)20(14-21)15-29)10-8-22(32-36(25,30)35)13-17-6-7-18-4-2-3-5-19(18)12-17/h2-7,9,11-12,14,16,22H,8,10,13H2,1H3,(H,31,34)(H2,30,32,35)/t22-,36?/m0/s1. The van der Waals surface area contributed by atoms with E-state index >= 15 is 0 Å². The zero-order valence-corrected chi connectivity index (χ0v) is 20.4. The van der Waals surface area contributed by atoms with Crippen molar-refractivity contribution in [1.82, 2.24) is 9.29 Å². The molecule has 9 heteroatoms. The number of nitrogens with one attached hydrogen (secondary N) is 3. The molecule has 0 radical (unpaired) electrons. The van der Waals surface area contributed by atoms with Crippen LogP contribution in [0.5, 0.6) is 0 Å². The largest absolute Gasteiger partial charge is 0.345 e. The Morgan fingerprint density at radius 3 is 2.78 bits per heavy atom. The molecule has 1 aliphatic heterocycles. The molecular formula is C27H24FN5O2S. The molecule has 1 amide bonds. The average Bonchev–Trinajstić information content (AvgIpc) is 3.14. The number of nitriles is 1. The number of hydrogen-bond acceptors (Lipinski definition) is 4. The van der Waals surface area contributed by atoms with Crippen LogP contribution in [0.4, 0.5) is 10.1 Å². The Morgan fingerprint density at radius 1 is 1.22 bits per heavy atom. The molecule has 7 nitrogen and oxygen atoms in total. The minimum absolute atomic E-state index is 0.173. The molecule has 1 unspecified atom stereocenters. The monoisotopic (exact) mass is 501 g/mol. The first-order valence-corrected chi connectivity index (χ1v) is 13.0. The summed E-state index contributed by atoms with van der Waals surface area (Å²) in [6.07, 6.45) is 3.23. The molecule has 0 spiro atoms. The number of benzene rings is 3. The molecule has 2 atom stereocenters. The number of anilines is 1. The Morgan fingerprint density at radius 2 is 2.00 bits per heavy atom. The minimum Gasteiger partial charge on any atom is -0.345 e. The fraction of sp³-hybridized carbons (Fsp3) is 0.185. The molecule has 0 saturated heterocycles. The summed E-state index contributed by atoms with van der Waals surface area (Å²) in [4.78, 5) is 13.5. The van der Waals surface area contributed by atoms with Crippen molar-refractivity contribution in [3.05, 3.63) is 95.1 Å². The topological polar surface area (TPSA) is 111 Å². The summed E-state index contributed by atoms with van der Waals surface area (Å²) >= 11 is 0. The number of hydrogen-bond donors (Lipinski definition) is 3. The van der Waals surface area contributed by atoms with Crippen LogP contribution >= 0.6 is 0 Å². The third kappa shape index (κ3) is 4.49. The maximum Gasteiger partial charge on any atom is 0.272 e. The van der Waals surface area contributed by atoms with Gasteiger partial charge in [-0.1, -0.05) is 42.5 Å². The summed E-state index contributed by atoms with van der Waals surface area (Å²) in [6, 6.07) is 19.6. The van der Waals surface area contributed by atoms with Gasteiger partial charge in [0, 0.05) is 30.5 Å². The Labute approximate surface area is 208 Å². The van der Waals surface area contributed by atoms with E-state index in [0.29, 0.717) is 35.4 Å². The highest BCUT2D eigenvalue weighted by molar-refractivity contribution is 7.90. The molecule has 3 aromatic carbocycles. The first kappa shape index (κ1) is 23.7. The summed E-state index contributed by atoms with van der Waals surface area (Å²) in [6.45, 7) is 0. The Bertz CT molecular complexity index is 1650. The molecule has 36 heavy (non-hydrogen) atoms. The first-order valence-electron chi connectivity index (χ1n) is 11.5. The van der Waals surface area contributed by atoms with Gasteiger partial charge in [0.15, 0.2) is 0 Å². The summed E-state index contributed by atoms with van der Waals surface area (Å²) in [7, 11) is -1.69. The molecule has 1 aromatic heterocycles. The van der Waals surface area contributed by atoms with Crippen molar-refractivity contribution >= 4 is 32.3 Å². The number of nitrogens with zero attached hydrogens (tertiary/aromatic N) is 2. The number of rotatable bonds is 4. The van der Waals surface area contributed by atoms with Gasteiger partial charge in [-0.15, -0.1) is 0 Å². The van der Waals surface area contributed by atoms with Crippen LogP contribution in [0.2, 0.25) is 0 Å². The molecule has 3 N–H and O–H groups in total. The van der Waals surface area contributed by atoms with Gasteiger partial charge in [-0.05, 0) is 53.8 Å². The van der Waals surface area contributed by atoms with Gasteiger partial charge >= 0.3 is 0 Å². The number of carbonyl (C=O) groups excluding carboxylic acids is 1. The van der Waals surface area contributed by atoms with E-state index in [9.17, 15) is 13.4 Å². The van der Waals surface area contributed by atoms with E-state index in [1.54, 1.807) is 23.9 Å². The van der Waals surface area contributed by atoms with Crippen LogP contribution in [-0.4, -0.2) is 20.7 Å². The molecule has 2 heterocycles. The number of fused-ring (bicyclic) bond motifs is 2. The van der Waals surface area contributed by atoms with Crippen LogP contribution in [0.15, 0.2) is 71.8 Å². The molecule has 4 aromatic rings. The van der Waals surface area contributed by atoms with E-state index in [-0.39, 0.29) is 17.3 Å². The first-order chi connectivity index (χ1) is 17.2. The molecule has 182 valence electrons. The van der Waals surface area contributed by atoms with Gasteiger partial charge in [0.05, 0.1) is 10.5 Å². The summed E-state index contributed by atoms with van der Waals surface area (Å²) in [5.41, 5.74) is 2.04. The van der Waals surface area contributed by atoms with E-state index in [1.807, 2.05) is 18.2 Å². The Kier molecular flexibility index (Phi) is 6.08. The Hall–Kier alpha value is -4.00. The number of amides is 1. The van der Waals surface area contributed by atoms with E-state index in [2.05, 4.69) is 34.3 Å². The van der Waals surface area contributed by atoms with Gasteiger partial charge in [0.2, 0.25) is 0 Å². The summed E-state index contributed by atoms with van der Waals surface area (Å²) in [5.74, 6) is -1.14. The zero-order valence-electron chi connectivity index (χ0n) is 19.5. The number of aryl methyl sites for hydroxylation is 1. The average molecular weight is 502 g/mol. The van der Waals surface area contributed by atoms with Crippen LogP contribution in [0.1, 0.15) is 33.6 Å². The van der Waals surface area contributed by atoms with Crippen molar-refractivity contribution < 1.29 is 13.4 Å². The molecule has 0 aliphatic carbocycles. The number of halogens is 1. The molecule has 0 saturated carbocycles. The quantitative estimate of drug-likeness (QED) is 0.369. The highest BCUT2D eigenvalue weighted by Gasteiger charge is 2.31. The maximum atomic E-state index is 13.7. The second kappa shape index (κ2) is 9.22. The molecular weight excluding hydrogens is 477 g/mol. The van der Waals surface area contributed by atoms with E-state index in [4.69, 9.17) is 10.0 Å². The lowest BCUT2D eigenvalue weighted by molar-refractivity contribution is 0.101. The lowest BCUT2D eigenvalue weighted by Crippen LogP contribution is -2.34. The molecule has 5 rings (SSSR count). The van der Waals surface area contributed by atoms with Crippen LogP contribution in [-0.2, 0) is 29.8 Å². The van der Waals surface area contributed by atoms with E-state index in [0.717, 1.165) is 22.4 Å². The highest BCUT2D eigenvalue weighted by atomic mass is 32.2. The van der Waals surface area contributed by atoms with Crippen molar-refractivity contribution in [2.75, 3.05) is 5.32 Å². The predicted molar refractivity (Wildman–Crippen MR) is 137 cm³/mol. The van der Waals surface area contributed by atoms with Gasteiger partial charge in [0.1, 0.15) is 27.5 Å². The summed E-state index contributed by atoms with van der Waals surface area (Å²) in [5, 5.41) is 14.0. The van der Waals surface area contributed by atoms with Gasteiger partial charge in [-0.2, -0.15) is 5.26 Å². The van der Waals surface area contributed by atoms with Crippen LogP contribution < -0.4 is 10.0 Å². The van der Waals surface area contributed by atoms with Gasteiger partial charge in [0.25, 0.3) is 5.91 Å². The second-order valence-electron chi connectivity index (χ2n) is 8.99. The zero-order chi connectivity index (χ0) is 25.4. The summed E-state index contributed by atoms with van der Waals surface area (Å²) < 4.78 is 40.3. The van der Waals surface area contributed by atoms with E-state index in [1.165, 1.54) is 12.1 Å². The van der Waals surface area contributed by atoms with Crippen molar-refractivity contribution in [2.24, 2.45) is 7.05 Å². The highest BCUT2D eigenvalue weighted by Crippen LogP contribution is 2.29. The van der Waals surface area contributed by atoms with Crippen LogP contribution in [0.25, 0.3) is 10.8 Å². The van der Waals surface area contributed by atoms with Gasteiger partial charge < -0.3 is 9.88 Å². The minimum atomic E-state index is -3.36. The van der Waals surface area contributed by atoms with Crippen molar-refractivity contribution in [3.8, 4) is 6.07 Å².